The summed E-state index contributed by atoms with van der Waals surface area (Å²) in [6.07, 6.45) is 1.94. The molecule has 0 amide bonds. The number of sulfonamides is 1. The van der Waals surface area contributed by atoms with Crippen molar-refractivity contribution in [2.45, 2.75) is 11.3 Å². The number of hydrogen-bond acceptors (Lipinski definition) is 5. The van der Waals surface area contributed by atoms with Crippen LogP contribution in [-0.4, -0.2) is 27.0 Å². The molecule has 0 saturated heterocycles. The Morgan fingerprint density at radius 3 is 2.65 bits per heavy atom. The predicted octanol–water partition coefficient (Wildman–Crippen LogP) is 2.36. The molecule has 2 aromatic heterocycles. The number of nitrogens with zero attached hydrogens (tertiary/aromatic N) is 1. The Hall–Kier alpha value is -1.15. The van der Waals surface area contributed by atoms with E-state index in [0.717, 1.165) is 4.88 Å². The van der Waals surface area contributed by atoms with Crippen molar-refractivity contribution in [3.05, 3.63) is 39.7 Å². The monoisotopic (exact) mass is 331 g/mol. The summed E-state index contributed by atoms with van der Waals surface area (Å²) in [6.45, 7) is 0.326. The molecule has 0 aromatic carbocycles. The topological polar surface area (TPSA) is 71.1 Å². The number of hydrogen-bond donors (Lipinski definition) is 2. The van der Waals surface area contributed by atoms with Crippen LogP contribution < -0.4 is 10.0 Å². The molecule has 0 atom stereocenters. The third-order valence-corrected chi connectivity index (χ3v) is 5.33. The van der Waals surface area contributed by atoms with Gasteiger partial charge in [-0.05, 0) is 30.7 Å². The van der Waals surface area contributed by atoms with Crippen LogP contribution in [0.2, 0.25) is 4.34 Å². The normalized spacial score (nSPS) is 11.5. The first-order valence-corrected chi connectivity index (χ1v) is 8.57. The maximum atomic E-state index is 12.0. The van der Waals surface area contributed by atoms with Gasteiger partial charge in [-0.1, -0.05) is 11.6 Å². The van der Waals surface area contributed by atoms with Gasteiger partial charge < -0.3 is 5.32 Å². The van der Waals surface area contributed by atoms with E-state index in [9.17, 15) is 8.42 Å². The Bertz CT molecular complexity index is 668. The maximum absolute atomic E-state index is 12.0. The van der Waals surface area contributed by atoms with Gasteiger partial charge in [-0.3, -0.25) is 0 Å². The van der Waals surface area contributed by atoms with Crippen LogP contribution in [0.15, 0.2) is 35.4 Å². The van der Waals surface area contributed by atoms with Crippen molar-refractivity contribution in [1.82, 2.24) is 9.71 Å². The third kappa shape index (κ3) is 3.92. The van der Waals surface area contributed by atoms with Gasteiger partial charge in [-0.2, -0.15) is 0 Å². The highest BCUT2D eigenvalue weighted by molar-refractivity contribution is 7.89. The minimum Gasteiger partial charge on any atom is -0.373 e. The highest BCUT2D eigenvalue weighted by Gasteiger charge is 2.13. The number of aromatic nitrogens is 1. The van der Waals surface area contributed by atoms with E-state index in [0.29, 0.717) is 23.1 Å². The molecule has 0 radical (unpaired) electrons. The summed E-state index contributed by atoms with van der Waals surface area (Å²) in [6, 6.07) is 6.83. The van der Waals surface area contributed by atoms with Crippen molar-refractivity contribution < 1.29 is 8.42 Å². The lowest BCUT2D eigenvalue weighted by molar-refractivity contribution is 0.581. The summed E-state index contributed by atoms with van der Waals surface area (Å²) in [7, 11) is -1.79. The van der Waals surface area contributed by atoms with Gasteiger partial charge in [0, 0.05) is 24.7 Å². The van der Waals surface area contributed by atoms with Gasteiger partial charge in [0.2, 0.25) is 10.0 Å². The minimum absolute atomic E-state index is 0.153. The number of thiophene rings is 1. The summed E-state index contributed by atoms with van der Waals surface area (Å²) in [4.78, 5) is 5.18. The van der Waals surface area contributed by atoms with E-state index >= 15 is 0 Å². The van der Waals surface area contributed by atoms with E-state index in [1.165, 1.54) is 23.6 Å². The summed E-state index contributed by atoms with van der Waals surface area (Å²) in [5, 5.41) is 2.84. The lowest BCUT2D eigenvalue weighted by Crippen LogP contribution is -2.25. The molecule has 0 bridgehead atoms. The van der Waals surface area contributed by atoms with Gasteiger partial charge in [0.25, 0.3) is 0 Å². The Morgan fingerprint density at radius 1 is 1.30 bits per heavy atom. The zero-order chi connectivity index (χ0) is 14.6. The van der Waals surface area contributed by atoms with E-state index in [-0.39, 0.29) is 4.90 Å². The molecule has 8 heteroatoms. The number of rotatable bonds is 6. The van der Waals surface area contributed by atoms with Gasteiger partial charge in [-0.15, -0.1) is 11.3 Å². The minimum atomic E-state index is -3.52. The summed E-state index contributed by atoms with van der Waals surface area (Å²) >= 11 is 7.27. The van der Waals surface area contributed by atoms with E-state index < -0.39 is 10.0 Å². The van der Waals surface area contributed by atoms with Crippen LogP contribution in [0.4, 0.5) is 5.82 Å². The number of pyridine rings is 1. The average Bonchev–Trinajstić information content (AvgIpc) is 2.84. The molecule has 20 heavy (non-hydrogen) atoms. The Labute approximate surface area is 127 Å². The third-order valence-electron chi connectivity index (χ3n) is 2.60. The number of halogens is 1. The van der Waals surface area contributed by atoms with Gasteiger partial charge >= 0.3 is 0 Å². The van der Waals surface area contributed by atoms with E-state index in [1.807, 2.05) is 6.07 Å². The first-order valence-electron chi connectivity index (χ1n) is 5.89. The second-order valence-electron chi connectivity index (χ2n) is 3.98. The molecule has 0 unspecified atom stereocenters. The van der Waals surface area contributed by atoms with Gasteiger partial charge in [0.15, 0.2) is 0 Å². The average molecular weight is 332 g/mol. The van der Waals surface area contributed by atoms with Crippen LogP contribution >= 0.6 is 22.9 Å². The molecule has 0 saturated carbocycles. The van der Waals surface area contributed by atoms with Crippen LogP contribution in [0.5, 0.6) is 0 Å². The zero-order valence-electron chi connectivity index (χ0n) is 10.8. The standard InChI is InChI=1S/C12H14ClN3O2S2/c1-14-12-5-3-10(8-15-12)20(17,18)16-7-6-9-2-4-11(13)19-9/h2-5,8,16H,6-7H2,1H3,(H,14,15). The van der Waals surface area contributed by atoms with Gasteiger partial charge in [-0.25, -0.2) is 18.1 Å². The smallest absolute Gasteiger partial charge is 0.242 e. The van der Waals surface area contributed by atoms with Crippen molar-refractivity contribution >= 4 is 38.8 Å². The fourth-order valence-electron chi connectivity index (χ4n) is 1.57. The van der Waals surface area contributed by atoms with Crippen molar-refractivity contribution in [2.75, 3.05) is 18.9 Å². The molecule has 108 valence electrons. The number of anilines is 1. The Morgan fingerprint density at radius 2 is 2.10 bits per heavy atom. The first-order chi connectivity index (χ1) is 9.51. The Kier molecular flexibility index (Phi) is 4.98. The van der Waals surface area contributed by atoms with Gasteiger partial charge in [0.05, 0.1) is 4.34 Å². The Balaban J connectivity index is 1.96. The molecular weight excluding hydrogens is 318 g/mol. The van der Waals surface area contributed by atoms with Crippen molar-refractivity contribution in [3.8, 4) is 0 Å². The molecule has 5 nitrogen and oxygen atoms in total. The van der Waals surface area contributed by atoms with Crippen LogP contribution in [0.3, 0.4) is 0 Å². The van der Waals surface area contributed by atoms with Crippen molar-refractivity contribution in [1.29, 1.82) is 0 Å². The fraction of sp³-hybridized carbons (Fsp3) is 0.250. The highest BCUT2D eigenvalue weighted by atomic mass is 35.5. The first kappa shape index (κ1) is 15.2. The SMILES string of the molecule is CNc1ccc(S(=O)(=O)NCCc2ccc(Cl)s2)cn1. The van der Waals surface area contributed by atoms with E-state index in [4.69, 9.17) is 11.6 Å². The molecule has 0 aliphatic heterocycles. The molecule has 2 rings (SSSR count). The summed E-state index contributed by atoms with van der Waals surface area (Å²) in [5.74, 6) is 0.622. The molecule has 2 N–H and O–H groups in total. The maximum Gasteiger partial charge on any atom is 0.242 e. The number of nitrogens with one attached hydrogen (secondary N) is 2. The van der Waals surface area contributed by atoms with Gasteiger partial charge in [0.1, 0.15) is 10.7 Å². The molecule has 0 fully saturated rings. The summed E-state index contributed by atoms with van der Waals surface area (Å²) < 4.78 is 27.3. The van der Waals surface area contributed by atoms with E-state index in [2.05, 4.69) is 15.0 Å². The van der Waals surface area contributed by atoms with Crippen molar-refractivity contribution in [3.63, 3.8) is 0 Å². The highest BCUT2D eigenvalue weighted by Crippen LogP contribution is 2.21. The lowest BCUT2D eigenvalue weighted by Gasteiger charge is -2.06. The predicted molar refractivity (Wildman–Crippen MR) is 82.0 cm³/mol. The van der Waals surface area contributed by atoms with Crippen molar-refractivity contribution in [2.24, 2.45) is 0 Å². The molecule has 2 heterocycles. The van der Waals surface area contributed by atoms with Crippen LogP contribution in [0.25, 0.3) is 0 Å². The quantitative estimate of drug-likeness (QED) is 0.852. The second kappa shape index (κ2) is 6.53. The fourth-order valence-corrected chi connectivity index (χ4v) is 3.63. The van der Waals surface area contributed by atoms with Crippen LogP contribution in [-0.2, 0) is 16.4 Å². The zero-order valence-corrected chi connectivity index (χ0v) is 13.1. The van der Waals surface area contributed by atoms with Crippen LogP contribution in [0.1, 0.15) is 4.88 Å². The summed E-state index contributed by atoms with van der Waals surface area (Å²) in [5.41, 5.74) is 0. The second-order valence-corrected chi connectivity index (χ2v) is 7.55. The molecular formula is C12H14ClN3O2S2. The van der Waals surface area contributed by atoms with E-state index in [1.54, 1.807) is 19.2 Å². The molecule has 2 aromatic rings. The molecule has 0 aliphatic carbocycles. The van der Waals surface area contributed by atoms with Crippen LogP contribution in [0, 0.1) is 0 Å². The molecule has 0 spiro atoms. The lowest BCUT2D eigenvalue weighted by atomic mass is 10.3. The molecule has 0 aliphatic rings. The largest absolute Gasteiger partial charge is 0.373 e.